The molecular weight excluding hydrogens is 313 g/mol. The van der Waals surface area contributed by atoms with Crippen LogP contribution in [0.4, 0.5) is 13.2 Å². The molecule has 2 atom stereocenters. The highest BCUT2D eigenvalue weighted by Crippen LogP contribution is 2.37. The number of alkyl halides is 3. The fourth-order valence-corrected chi connectivity index (χ4v) is 3.08. The molecule has 0 bridgehead atoms. The Morgan fingerprint density at radius 2 is 2.26 bits per heavy atom. The first-order chi connectivity index (χ1) is 10.8. The Kier molecular flexibility index (Phi) is 4.09. The van der Waals surface area contributed by atoms with E-state index >= 15 is 0 Å². The molecule has 1 aromatic heterocycles. The third kappa shape index (κ3) is 3.07. The van der Waals surface area contributed by atoms with Gasteiger partial charge in [0.05, 0.1) is 12.6 Å². The van der Waals surface area contributed by atoms with Crippen molar-refractivity contribution in [2.75, 3.05) is 26.2 Å². The minimum Gasteiger partial charge on any atom is -0.379 e. The Hall–Kier alpha value is -1.61. The van der Waals surface area contributed by atoms with E-state index in [-0.39, 0.29) is 18.3 Å². The van der Waals surface area contributed by atoms with Crippen LogP contribution in [-0.2, 0) is 0 Å². The molecule has 3 rings (SSSR count). The molecule has 6 nitrogen and oxygen atoms in total. The lowest BCUT2D eigenvalue weighted by Gasteiger charge is -2.25. The zero-order chi connectivity index (χ0) is 16.7. The van der Waals surface area contributed by atoms with E-state index in [9.17, 15) is 23.1 Å². The highest BCUT2D eigenvalue weighted by molar-refractivity contribution is 5.92. The second-order valence-corrected chi connectivity index (χ2v) is 6.19. The van der Waals surface area contributed by atoms with Crippen molar-refractivity contribution in [3.05, 3.63) is 18.0 Å². The van der Waals surface area contributed by atoms with Gasteiger partial charge in [0.15, 0.2) is 5.60 Å². The summed E-state index contributed by atoms with van der Waals surface area (Å²) in [6, 6.07) is 1.66. The van der Waals surface area contributed by atoms with Gasteiger partial charge in [0.25, 0.3) is 5.91 Å². The van der Waals surface area contributed by atoms with Gasteiger partial charge in [-0.3, -0.25) is 9.48 Å². The second-order valence-electron chi connectivity index (χ2n) is 6.19. The topological polar surface area (TPSA) is 70.4 Å². The molecule has 0 spiro atoms. The second kappa shape index (κ2) is 5.79. The molecule has 2 aliphatic rings. The minimum atomic E-state index is -4.74. The van der Waals surface area contributed by atoms with E-state index < -0.39 is 30.7 Å². The monoisotopic (exact) mass is 332 g/mol. The van der Waals surface area contributed by atoms with Gasteiger partial charge in [-0.05, 0) is 25.5 Å². The fourth-order valence-electron chi connectivity index (χ4n) is 3.08. The number of halogens is 3. The third-order valence-electron chi connectivity index (χ3n) is 4.54. The number of β-amino-alcohol motifs (C(OH)–C–C–N with tert-alkyl or cyclic N) is 1. The number of likely N-dealkylation sites (tertiary alicyclic amines) is 1. The maximum Gasteiger partial charge on any atom is 0.419 e. The summed E-state index contributed by atoms with van der Waals surface area (Å²) in [5.41, 5.74) is -2.71. The highest BCUT2D eigenvalue weighted by Gasteiger charge is 2.57. The number of carbonyl (C=O) groups excluding carboxylic acids is 1. The van der Waals surface area contributed by atoms with E-state index in [0.29, 0.717) is 0 Å². The van der Waals surface area contributed by atoms with Crippen LogP contribution in [0.1, 0.15) is 35.8 Å². The minimum absolute atomic E-state index is 0.113. The van der Waals surface area contributed by atoms with Crippen molar-refractivity contribution in [1.82, 2.24) is 20.0 Å². The standard InChI is InChI=1S/C14H19F3N4O2/c15-14(16,17)13(23)4-7-20(9-13)12(22)11-3-6-21(19-11)10-2-1-5-18-8-10/h3,6,10,18,23H,1-2,4-5,7-9H2. The average Bonchev–Trinajstić information content (AvgIpc) is 3.14. The number of amides is 1. The number of hydrogen-bond donors (Lipinski definition) is 2. The zero-order valence-electron chi connectivity index (χ0n) is 12.5. The number of piperidine rings is 1. The van der Waals surface area contributed by atoms with Crippen LogP contribution in [0, 0.1) is 0 Å². The van der Waals surface area contributed by atoms with Crippen LogP contribution >= 0.6 is 0 Å². The number of nitrogens with zero attached hydrogens (tertiary/aromatic N) is 3. The number of rotatable bonds is 2. The molecule has 2 aliphatic heterocycles. The van der Waals surface area contributed by atoms with E-state index in [4.69, 9.17) is 0 Å². The molecule has 128 valence electrons. The van der Waals surface area contributed by atoms with E-state index in [1.165, 1.54) is 6.07 Å². The van der Waals surface area contributed by atoms with E-state index in [2.05, 4.69) is 10.4 Å². The molecule has 0 radical (unpaired) electrons. The van der Waals surface area contributed by atoms with Gasteiger partial charge >= 0.3 is 6.18 Å². The van der Waals surface area contributed by atoms with Crippen LogP contribution in [-0.4, -0.2) is 63.7 Å². The molecule has 2 N–H and O–H groups in total. The van der Waals surface area contributed by atoms with Crippen LogP contribution in [0.2, 0.25) is 0 Å². The van der Waals surface area contributed by atoms with E-state index in [1.807, 2.05) is 0 Å². The van der Waals surface area contributed by atoms with Crippen LogP contribution in [0.3, 0.4) is 0 Å². The van der Waals surface area contributed by atoms with Crippen molar-refractivity contribution in [1.29, 1.82) is 0 Å². The predicted molar refractivity (Wildman–Crippen MR) is 74.9 cm³/mol. The summed E-state index contributed by atoms with van der Waals surface area (Å²) >= 11 is 0. The van der Waals surface area contributed by atoms with Crippen LogP contribution in [0.25, 0.3) is 0 Å². The molecule has 0 aliphatic carbocycles. The summed E-state index contributed by atoms with van der Waals surface area (Å²) in [6.07, 6.45) is -1.61. The number of hydrogen-bond acceptors (Lipinski definition) is 4. The molecule has 2 unspecified atom stereocenters. The van der Waals surface area contributed by atoms with Crippen molar-refractivity contribution in [3.8, 4) is 0 Å². The number of aliphatic hydroxyl groups is 1. The van der Waals surface area contributed by atoms with Gasteiger partial charge in [-0.2, -0.15) is 18.3 Å². The summed E-state index contributed by atoms with van der Waals surface area (Å²) in [7, 11) is 0. The predicted octanol–water partition coefficient (Wildman–Crippen LogP) is 0.947. The van der Waals surface area contributed by atoms with Crippen molar-refractivity contribution < 1.29 is 23.1 Å². The van der Waals surface area contributed by atoms with E-state index in [0.717, 1.165) is 30.8 Å². The Morgan fingerprint density at radius 3 is 2.87 bits per heavy atom. The average molecular weight is 332 g/mol. The first-order valence-corrected chi connectivity index (χ1v) is 7.64. The smallest absolute Gasteiger partial charge is 0.379 e. The largest absolute Gasteiger partial charge is 0.419 e. The summed E-state index contributed by atoms with van der Waals surface area (Å²) < 4.78 is 40.1. The Bertz CT molecular complexity index is 583. The molecule has 23 heavy (non-hydrogen) atoms. The number of nitrogens with one attached hydrogen (secondary N) is 1. The first kappa shape index (κ1) is 16.3. The van der Waals surface area contributed by atoms with Gasteiger partial charge in [0, 0.05) is 25.7 Å². The van der Waals surface area contributed by atoms with Crippen LogP contribution in [0.15, 0.2) is 12.3 Å². The van der Waals surface area contributed by atoms with Gasteiger partial charge in [-0.25, -0.2) is 0 Å². The lowest BCUT2D eigenvalue weighted by atomic mass is 10.0. The highest BCUT2D eigenvalue weighted by atomic mass is 19.4. The number of aromatic nitrogens is 2. The van der Waals surface area contributed by atoms with E-state index in [1.54, 1.807) is 10.9 Å². The summed E-state index contributed by atoms with van der Waals surface area (Å²) in [5.74, 6) is -0.576. The lowest BCUT2D eigenvalue weighted by Crippen LogP contribution is -2.48. The van der Waals surface area contributed by atoms with Crippen molar-refractivity contribution in [3.63, 3.8) is 0 Å². The molecule has 2 saturated heterocycles. The molecule has 1 aromatic rings. The maximum atomic E-state index is 12.8. The van der Waals surface area contributed by atoms with Crippen molar-refractivity contribution in [2.24, 2.45) is 0 Å². The molecule has 0 aromatic carbocycles. The van der Waals surface area contributed by atoms with Gasteiger partial charge in [-0.1, -0.05) is 0 Å². The number of carbonyl (C=O) groups is 1. The summed E-state index contributed by atoms with van der Waals surface area (Å²) in [5, 5.41) is 17.1. The zero-order valence-corrected chi connectivity index (χ0v) is 12.5. The Labute approximate surface area is 131 Å². The van der Waals surface area contributed by atoms with Gasteiger partial charge < -0.3 is 15.3 Å². The summed E-state index contributed by atoms with van der Waals surface area (Å²) in [4.78, 5) is 13.3. The fraction of sp³-hybridized carbons (Fsp3) is 0.714. The Balaban J connectivity index is 1.68. The third-order valence-corrected chi connectivity index (χ3v) is 4.54. The maximum absolute atomic E-state index is 12.8. The van der Waals surface area contributed by atoms with Crippen molar-refractivity contribution >= 4 is 5.91 Å². The van der Waals surface area contributed by atoms with Gasteiger partial charge in [-0.15, -0.1) is 0 Å². The molecule has 1 amide bonds. The molecule has 3 heterocycles. The van der Waals surface area contributed by atoms with Gasteiger partial charge in [0.1, 0.15) is 5.69 Å². The van der Waals surface area contributed by atoms with Crippen molar-refractivity contribution in [2.45, 2.75) is 37.1 Å². The normalized spacial score (nSPS) is 29.0. The van der Waals surface area contributed by atoms with Crippen LogP contribution in [0.5, 0.6) is 0 Å². The molecule has 2 fully saturated rings. The van der Waals surface area contributed by atoms with Gasteiger partial charge in [0.2, 0.25) is 0 Å². The Morgan fingerprint density at radius 1 is 1.48 bits per heavy atom. The SMILES string of the molecule is O=C(c1ccn(C2CCCNC2)n1)N1CCC(O)(C(F)(F)F)C1. The summed E-state index contributed by atoms with van der Waals surface area (Å²) in [6.45, 7) is 0.833. The molecular formula is C14H19F3N4O2. The molecule has 9 heteroatoms. The quantitative estimate of drug-likeness (QED) is 0.846. The lowest BCUT2D eigenvalue weighted by molar-refractivity contribution is -0.253. The van der Waals surface area contributed by atoms with Crippen LogP contribution < -0.4 is 5.32 Å². The molecule has 0 saturated carbocycles. The first-order valence-electron chi connectivity index (χ1n) is 7.64.